The number of rotatable bonds is 4. The van der Waals surface area contributed by atoms with E-state index >= 15 is 0 Å². The third kappa shape index (κ3) is 3.06. The largest absolute Gasteiger partial charge is 0.481 e. The van der Waals surface area contributed by atoms with Crippen LogP contribution in [-0.4, -0.2) is 22.9 Å². The Morgan fingerprint density at radius 1 is 1.42 bits per heavy atom. The van der Waals surface area contributed by atoms with Gasteiger partial charge < -0.3 is 4.74 Å². The molecule has 2 aromatic rings. The molecule has 0 fully saturated rings. The van der Waals surface area contributed by atoms with Gasteiger partial charge in [-0.25, -0.2) is 14.4 Å². The molecule has 1 aromatic heterocycles. The fourth-order valence-electron chi connectivity index (χ4n) is 1.56. The second-order valence-electron chi connectivity index (χ2n) is 3.75. The molecule has 0 unspecified atom stereocenters. The molecule has 0 radical (unpaired) electrons. The Balaban J connectivity index is 2.23. The molecule has 0 spiro atoms. The number of aromatic nitrogens is 2. The number of benzene rings is 1. The lowest BCUT2D eigenvalue weighted by Gasteiger charge is -2.04. The summed E-state index contributed by atoms with van der Waals surface area (Å²) in [5.41, 5.74) is 0.404. The van der Waals surface area contributed by atoms with E-state index in [-0.39, 0.29) is 17.0 Å². The number of hydrogen-bond donors (Lipinski definition) is 0. The van der Waals surface area contributed by atoms with Crippen molar-refractivity contribution in [1.82, 2.24) is 9.97 Å². The Kier molecular flexibility index (Phi) is 4.06. The van der Waals surface area contributed by atoms with Gasteiger partial charge in [0.05, 0.1) is 29.8 Å². The van der Waals surface area contributed by atoms with Gasteiger partial charge in [-0.3, -0.25) is 4.79 Å². The third-order valence-corrected chi connectivity index (χ3v) is 2.79. The van der Waals surface area contributed by atoms with E-state index < -0.39 is 11.6 Å². The molecule has 0 saturated carbocycles. The number of ketones is 1. The van der Waals surface area contributed by atoms with E-state index in [1.54, 1.807) is 0 Å². The molecule has 4 nitrogen and oxygen atoms in total. The van der Waals surface area contributed by atoms with Crippen molar-refractivity contribution in [3.63, 3.8) is 0 Å². The van der Waals surface area contributed by atoms with Crippen molar-refractivity contribution in [2.75, 3.05) is 7.11 Å². The predicted molar refractivity (Wildman–Crippen MR) is 68.0 cm³/mol. The van der Waals surface area contributed by atoms with E-state index in [0.717, 1.165) is 0 Å². The van der Waals surface area contributed by atoms with Crippen molar-refractivity contribution < 1.29 is 13.9 Å². The molecule has 6 heteroatoms. The molecule has 98 valence electrons. The maximum absolute atomic E-state index is 13.7. The maximum atomic E-state index is 13.7. The minimum atomic E-state index is -0.713. The quantitative estimate of drug-likeness (QED) is 0.808. The molecule has 19 heavy (non-hydrogen) atoms. The molecule has 0 saturated heterocycles. The Morgan fingerprint density at radius 3 is 2.95 bits per heavy atom. The summed E-state index contributed by atoms with van der Waals surface area (Å²) in [5.74, 6) is -0.764. The van der Waals surface area contributed by atoms with Gasteiger partial charge in [0.25, 0.3) is 0 Å². The number of ether oxygens (including phenoxy) is 1. The van der Waals surface area contributed by atoms with Crippen LogP contribution in [0.25, 0.3) is 0 Å². The van der Waals surface area contributed by atoms with Gasteiger partial charge in [-0.15, -0.1) is 0 Å². The van der Waals surface area contributed by atoms with Gasteiger partial charge in [-0.2, -0.15) is 0 Å². The van der Waals surface area contributed by atoms with Crippen molar-refractivity contribution in [2.24, 2.45) is 0 Å². The van der Waals surface area contributed by atoms with E-state index in [2.05, 4.69) is 9.97 Å². The Labute approximate surface area is 114 Å². The number of halogens is 2. The summed E-state index contributed by atoms with van der Waals surface area (Å²) < 4.78 is 18.6. The highest BCUT2D eigenvalue weighted by molar-refractivity contribution is 6.31. The SMILES string of the molecule is COc1cc(CC(=O)c2cccc(Cl)c2F)ncn1. The minimum absolute atomic E-state index is 0.0455. The van der Waals surface area contributed by atoms with Gasteiger partial charge >= 0.3 is 0 Å². The van der Waals surface area contributed by atoms with Crippen LogP contribution in [0.4, 0.5) is 4.39 Å². The standard InChI is InChI=1S/C13H10ClFN2O2/c1-19-12-6-8(16-7-17-12)5-11(18)9-3-2-4-10(14)13(9)15/h2-4,6-7H,5H2,1H3. The second kappa shape index (κ2) is 5.75. The van der Waals surface area contributed by atoms with Crippen molar-refractivity contribution in [1.29, 1.82) is 0 Å². The van der Waals surface area contributed by atoms with Crippen LogP contribution < -0.4 is 4.74 Å². The first kappa shape index (κ1) is 13.4. The predicted octanol–water partition coefficient (Wildman–Crippen LogP) is 2.70. The molecular formula is C13H10ClFN2O2. The number of nitrogens with zero attached hydrogens (tertiary/aromatic N) is 2. The van der Waals surface area contributed by atoms with Crippen LogP contribution in [0.5, 0.6) is 5.88 Å². The highest BCUT2D eigenvalue weighted by atomic mass is 35.5. The monoisotopic (exact) mass is 280 g/mol. The summed E-state index contributed by atoms with van der Waals surface area (Å²) in [6.45, 7) is 0. The summed E-state index contributed by atoms with van der Waals surface area (Å²) in [5, 5.41) is -0.0777. The number of hydrogen-bond acceptors (Lipinski definition) is 4. The Morgan fingerprint density at radius 2 is 2.21 bits per heavy atom. The van der Waals surface area contributed by atoms with E-state index in [1.165, 1.54) is 37.7 Å². The topological polar surface area (TPSA) is 52.1 Å². The first-order valence-corrected chi connectivity index (χ1v) is 5.81. The zero-order valence-corrected chi connectivity index (χ0v) is 10.8. The molecular weight excluding hydrogens is 271 g/mol. The molecule has 1 aromatic carbocycles. The average molecular weight is 281 g/mol. The summed E-state index contributed by atoms with van der Waals surface area (Å²) >= 11 is 5.64. The molecule has 0 bridgehead atoms. The fraction of sp³-hybridized carbons (Fsp3) is 0.154. The zero-order chi connectivity index (χ0) is 13.8. The molecule has 0 N–H and O–H groups in total. The van der Waals surface area contributed by atoms with Gasteiger partial charge in [0.1, 0.15) is 6.33 Å². The smallest absolute Gasteiger partial charge is 0.216 e. The van der Waals surface area contributed by atoms with Crippen LogP contribution >= 0.6 is 11.6 Å². The fourth-order valence-corrected chi connectivity index (χ4v) is 1.74. The molecule has 0 aliphatic rings. The van der Waals surface area contributed by atoms with Crippen LogP contribution in [0, 0.1) is 5.82 Å². The minimum Gasteiger partial charge on any atom is -0.481 e. The van der Waals surface area contributed by atoms with Gasteiger partial charge in [-0.1, -0.05) is 17.7 Å². The molecule has 1 heterocycles. The van der Waals surface area contributed by atoms with Gasteiger partial charge in [-0.05, 0) is 12.1 Å². The molecule has 0 atom stereocenters. The van der Waals surface area contributed by atoms with E-state index in [1.807, 2.05) is 0 Å². The van der Waals surface area contributed by atoms with Crippen molar-refractivity contribution >= 4 is 17.4 Å². The zero-order valence-electron chi connectivity index (χ0n) is 10.1. The lowest BCUT2D eigenvalue weighted by Crippen LogP contribution is -2.08. The van der Waals surface area contributed by atoms with Crippen LogP contribution in [0.1, 0.15) is 16.1 Å². The van der Waals surface area contributed by atoms with Crippen molar-refractivity contribution in [2.45, 2.75) is 6.42 Å². The molecule has 0 aliphatic carbocycles. The third-order valence-electron chi connectivity index (χ3n) is 2.50. The van der Waals surface area contributed by atoms with Gasteiger partial charge in [0.2, 0.25) is 5.88 Å². The van der Waals surface area contributed by atoms with E-state index in [4.69, 9.17) is 16.3 Å². The van der Waals surface area contributed by atoms with Crippen LogP contribution in [0.2, 0.25) is 5.02 Å². The Bertz CT molecular complexity index is 619. The van der Waals surface area contributed by atoms with E-state index in [9.17, 15) is 9.18 Å². The molecule has 2 rings (SSSR count). The van der Waals surface area contributed by atoms with Crippen molar-refractivity contribution in [3.8, 4) is 5.88 Å². The van der Waals surface area contributed by atoms with Crippen LogP contribution in [0.3, 0.4) is 0 Å². The Hall–Kier alpha value is -2.01. The maximum Gasteiger partial charge on any atom is 0.216 e. The first-order valence-electron chi connectivity index (χ1n) is 5.44. The summed E-state index contributed by atoms with van der Waals surface area (Å²) in [4.78, 5) is 19.8. The summed E-state index contributed by atoms with van der Waals surface area (Å²) in [6, 6.07) is 5.84. The van der Waals surface area contributed by atoms with Crippen LogP contribution in [-0.2, 0) is 6.42 Å². The molecule has 0 aliphatic heterocycles. The lowest BCUT2D eigenvalue weighted by molar-refractivity contribution is 0.0988. The number of methoxy groups -OCH3 is 1. The number of carbonyl (C=O) groups excluding carboxylic acids is 1. The number of carbonyl (C=O) groups is 1. The second-order valence-corrected chi connectivity index (χ2v) is 4.16. The van der Waals surface area contributed by atoms with Crippen LogP contribution in [0.15, 0.2) is 30.6 Å². The highest BCUT2D eigenvalue weighted by Gasteiger charge is 2.15. The number of Topliss-reactive ketones (excluding diaryl/α,β-unsaturated/α-hetero) is 1. The lowest BCUT2D eigenvalue weighted by atomic mass is 10.1. The average Bonchev–Trinajstić information content (AvgIpc) is 2.42. The molecule has 0 amide bonds. The van der Waals surface area contributed by atoms with Gasteiger partial charge in [0.15, 0.2) is 11.6 Å². The van der Waals surface area contributed by atoms with E-state index in [0.29, 0.717) is 11.6 Å². The normalized spacial score (nSPS) is 10.3. The summed E-state index contributed by atoms with van der Waals surface area (Å²) in [7, 11) is 1.46. The highest BCUT2D eigenvalue weighted by Crippen LogP contribution is 2.19. The van der Waals surface area contributed by atoms with Crippen molar-refractivity contribution in [3.05, 3.63) is 52.7 Å². The van der Waals surface area contributed by atoms with Gasteiger partial charge in [0, 0.05) is 6.07 Å². The summed E-state index contributed by atoms with van der Waals surface area (Å²) in [6.07, 6.45) is 1.24. The first-order chi connectivity index (χ1) is 9.11.